The lowest BCUT2D eigenvalue weighted by Crippen LogP contribution is -2.27. The number of carbonyl (C=O) groups excluding carboxylic acids is 1. The van der Waals surface area contributed by atoms with Gasteiger partial charge in [-0.15, -0.1) is 0 Å². The molecule has 0 bridgehead atoms. The Balaban J connectivity index is 1.90. The van der Waals surface area contributed by atoms with E-state index >= 15 is 0 Å². The summed E-state index contributed by atoms with van der Waals surface area (Å²) in [6.45, 7) is 2.48. The molecule has 0 radical (unpaired) electrons. The second kappa shape index (κ2) is 6.60. The smallest absolute Gasteiger partial charge is 0.266 e. The molecule has 1 aliphatic heterocycles. The number of nitrogens with zero attached hydrogens (tertiary/aromatic N) is 1. The van der Waals surface area contributed by atoms with Crippen molar-refractivity contribution in [2.24, 2.45) is 0 Å². The third kappa shape index (κ3) is 3.04. The highest BCUT2D eigenvalue weighted by Gasteiger charge is 2.30. The first-order valence-electron chi connectivity index (χ1n) is 7.12. The van der Waals surface area contributed by atoms with Crippen LogP contribution >= 0.6 is 24.0 Å². The van der Waals surface area contributed by atoms with Gasteiger partial charge >= 0.3 is 0 Å². The van der Waals surface area contributed by atoms with E-state index in [9.17, 15) is 4.79 Å². The minimum Gasteiger partial charge on any atom is -0.496 e. The van der Waals surface area contributed by atoms with E-state index in [0.717, 1.165) is 11.3 Å². The van der Waals surface area contributed by atoms with Crippen LogP contribution in [0.25, 0.3) is 17.4 Å². The number of amides is 1. The molecule has 0 spiro atoms. The molecule has 4 nitrogen and oxygen atoms in total. The van der Waals surface area contributed by atoms with Gasteiger partial charge in [0, 0.05) is 12.6 Å². The van der Waals surface area contributed by atoms with Gasteiger partial charge in [-0.1, -0.05) is 36.1 Å². The molecule has 6 heteroatoms. The van der Waals surface area contributed by atoms with Gasteiger partial charge in [-0.2, -0.15) is 0 Å². The van der Waals surface area contributed by atoms with Crippen molar-refractivity contribution < 1.29 is 13.9 Å². The van der Waals surface area contributed by atoms with Crippen LogP contribution in [0, 0.1) is 0 Å². The molecular weight excluding hydrogens is 330 g/mol. The second-order valence-electron chi connectivity index (χ2n) is 4.83. The topological polar surface area (TPSA) is 42.7 Å². The Morgan fingerprint density at radius 3 is 2.78 bits per heavy atom. The van der Waals surface area contributed by atoms with Crippen molar-refractivity contribution in [1.29, 1.82) is 0 Å². The second-order valence-corrected chi connectivity index (χ2v) is 6.50. The van der Waals surface area contributed by atoms with Crippen LogP contribution in [0.4, 0.5) is 0 Å². The van der Waals surface area contributed by atoms with Gasteiger partial charge in [0.2, 0.25) is 0 Å². The number of thioether (sulfide) groups is 1. The third-order valence-electron chi connectivity index (χ3n) is 3.46. The predicted molar refractivity (Wildman–Crippen MR) is 96.2 cm³/mol. The molecule has 0 N–H and O–H groups in total. The van der Waals surface area contributed by atoms with E-state index in [1.165, 1.54) is 11.8 Å². The van der Waals surface area contributed by atoms with Crippen molar-refractivity contribution in [3.8, 4) is 17.1 Å². The molecule has 2 heterocycles. The first-order chi connectivity index (χ1) is 11.1. The number of carbonyl (C=O) groups is 1. The van der Waals surface area contributed by atoms with Crippen LogP contribution in [0.15, 0.2) is 45.7 Å². The molecule has 1 amide bonds. The molecule has 1 saturated heterocycles. The Bertz CT molecular complexity index is 795. The highest BCUT2D eigenvalue weighted by atomic mass is 32.2. The summed E-state index contributed by atoms with van der Waals surface area (Å²) in [5.41, 5.74) is 0.871. The Morgan fingerprint density at radius 2 is 2.09 bits per heavy atom. The number of likely N-dealkylation sites (N-methyl/N-ethyl adjacent to an activating group) is 1. The number of furan rings is 1. The van der Waals surface area contributed by atoms with Gasteiger partial charge in [-0.25, -0.2) is 0 Å². The fourth-order valence-electron chi connectivity index (χ4n) is 2.33. The quantitative estimate of drug-likeness (QED) is 0.614. The molecule has 0 saturated carbocycles. The van der Waals surface area contributed by atoms with Crippen molar-refractivity contribution >= 4 is 40.3 Å². The number of benzene rings is 1. The molecule has 1 fully saturated rings. The van der Waals surface area contributed by atoms with Gasteiger partial charge in [0.05, 0.1) is 17.6 Å². The molecule has 1 aliphatic rings. The lowest BCUT2D eigenvalue weighted by atomic mass is 10.1. The number of para-hydroxylation sites is 1. The lowest BCUT2D eigenvalue weighted by molar-refractivity contribution is -0.121. The third-order valence-corrected chi connectivity index (χ3v) is 4.84. The minimum atomic E-state index is -0.0715. The Kier molecular flexibility index (Phi) is 4.54. The number of ether oxygens (including phenoxy) is 1. The van der Waals surface area contributed by atoms with Crippen molar-refractivity contribution in [1.82, 2.24) is 4.90 Å². The van der Waals surface area contributed by atoms with Crippen molar-refractivity contribution in [3.63, 3.8) is 0 Å². The molecule has 0 unspecified atom stereocenters. The highest BCUT2D eigenvalue weighted by Crippen LogP contribution is 2.35. The fourth-order valence-corrected chi connectivity index (χ4v) is 3.69. The first kappa shape index (κ1) is 15.8. The molecule has 118 valence electrons. The summed E-state index contributed by atoms with van der Waals surface area (Å²) in [6, 6.07) is 11.3. The van der Waals surface area contributed by atoms with Crippen LogP contribution in [-0.2, 0) is 4.79 Å². The molecular formula is C17H15NO3S2. The molecule has 0 aliphatic carbocycles. The molecule has 23 heavy (non-hydrogen) atoms. The average molecular weight is 345 g/mol. The number of hydrogen-bond donors (Lipinski definition) is 0. The standard InChI is InChI=1S/C17H15NO3S2/c1-3-18-16(19)15(23-17(18)22)10-11-8-9-14(21-11)12-6-4-5-7-13(12)20-2/h4-10H,3H2,1-2H3/b15-10-. The van der Waals surface area contributed by atoms with Crippen LogP contribution in [0.3, 0.4) is 0 Å². The summed E-state index contributed by atoms with van der Waals surface area (Å²) in [5, 5.41) is 0. The summed E-state index contributed by atoms with van der Waals surface area (Å²) in [4.78, 5) is 14.4. The molecule has 1 aromatic carbocycles. The Hall–Kier alpha value is -2.05. The maximum Gasteiger partial charge on any atom is 0.266 e. The van der Waals surface area contributed by atoms with Crippen LogP contribution < -0.4 is 4.74 Å². The van der Waals surface area contributed by atoms with Crippen LogP contribution in [0.5, 0.6) is 5.75 Å². The molecule has 0 atom stereocenters. The monoisotopic (exact) mass is 345 g/mol. The van der Waals surface area contributed by atoms with E-state index in [0.29, 0.717) is 27.3 Å². The van der Waals surface area contributed by atoms with Crippen LogP contribution in [0.2, 0.25) is 0 Å². The Morgan fingerprint density at radius 1 is 1.30 bits per heavy atom. The summed E-state index contributed by atoms with van der Waals surface area (Å²) in [6.07, 6.45) is 1.73. The van der Waals surface area contributed by atoms with Gasteiger partial charge in [-0.05, 0) is 31.2 Å². The number of methoxy groups -OCH3 is 1. The van der Waals surface area contributed by atoms with Gasteiger partial charge in [0.15, 0.2) is 0 Å². The van der Waals surface area contributed by atoms with Gasteiger partial charge in [0.25, 0.3) is 5.91 Å². The highest BCUT2D eigenvalue weighted by molar-refractivity contribution is 8.26. The number of thiocarbonyl (C=S) groups is 1. The van der Waals surface area contributed by atoms with Gasteiger partial charge < -0.3 is 9.15 Å². The average Bonchev–Trinajstić information content (AvgIpc) is 3.12. The van der Waals surface area contributed by atoms with Gasteiger partial charge in [0.1, 0.15) is 21.6 Å². The maximum absolute atomic E-state index is 12.2. The largest absolute Gasteiger partial charge is 0.496 e. The normalized spacial score (nSPS) is 16.4. The minimum absolute atomic E-state index is 0.0715. The fraction of sp³-hybridized carbons (Fsp3) is 0.176. The predicted octanol–water partition coefficient (Wildman–Crippen LogP) is 4.18. The molecule has 1 aromatic heterocycles. The zero-order valence-electron chi connectivity index (χ0n) is 12.7. The van der Waals surface area contributed by atoms with Crippen molar-refractivity contribution in [3.05, 3.63) is 47.1 Å². The zero-order chi connectivity index (χ0) is 16.4. The van der Waals surface area contributed by atoms with Crippen molar-refractivity contribution in [2.75, 3.05) is 13.7 Å². The van der Waals surface area contributed by atoms with E-state index in [1.54, 1.807) is 18.1 Å². The number of rotatable bonds is 4. The zero-order valence-corrected chi connectivity index (χ0v) is 14.4. The van der Waals surface area contributed by atoms with E-state index in [4.69, 9.17) is 21.4 Å². The molecule has 3 rings (SSSR count). The Labute approximate surface area is 144 Å². The summed E-state index contributed by atoms with van der Waals surface area (Å²) >= 11 is 6.50. The van der Waals surface area contributed by atoms with Crippen LogP contribution in [-0.4, -0.2) is 28.8 Å². The maximum atomic E-state index is 12.2. The first-order valence-corrected chi connectivity index (χ1v) is 8.35. The summed E-state index contributed by atoms with van der Waals surface area (Å²) in [5.74, 6) is 1.98. The van der Waals surface area contributed by atoms with E-state index in [-0.39, 0.29) is 5.91 Å². The SMILES string of the molecule is CCN1C(=O)/C(=C/c2ccc(-c3ccccc3OC)o2)SC1=S. The van der Waals surface area contributed by atoms with Gasteiger partial charge in [-0.3, -0.25) is 9.69 Å². The number of hydrogen-bond acceptors (Lipinski definition) is 5. The van der Waals surface area contributed by atoms with E-state index < -0.39 is 0 Å². The summed E-state index contributed by atoms with van der Waals surface area (Å²) in [7, 11) is 1.62. The molecule has 2 aromatic rings. The van der Waals surface area contributed by atoms with E-state index in [1.807, 2.05) is 43.3 Å². The van der Waals surface area contributed by atoms with E-state index in [2.05, 4.69) is 0 Å². The lowest BCUT2D eigenvalue weighted by Gasteiger charge is -2.09. The van der Waals surface area contributed by atoms with Crippen molar-refractivity contribution in [2.45, 2.75) is 6.92 Å². The van der Waals surface area contributed by atoms with Crippen LogP contribution in [0.1, 0.15) is 12.7 Å². The summed E-state index contributed by atoms with van der Waals surface area (Å²) < 4.78 is 11.8.